The zero-order valence-corrected chi connectivity index (χ0v) is 16.4. The highest BCUT2D eigenvalue weighted by Crippen LogP contribution is 2.22. The Morgan fingerprint density at radius 3 is 2.41 bits per heavy atom. The van der Waals surface area contributed by atoms with Crippen molar-refractivity contribution in [2.45, 2.75) is 13.0 Å². The second-order valence-electron chi connectivity index (χ2n) is 6.97. The lowest BCUT2D eigenvalue weighted by Gasteiger charge is -2.21. The highest BCUT2D eigenvalue weighted by molar-refractivity contribution is 6.02. The third-order valence-corrected chi connectivity index (χ3v) is 4.94. The van der Waals surface area contributed by atoms with E-state index < -0.39 is 6.04 Å². The molecule has 6 nitrogen and oxygen atoms in total. The second-order valence-corrected chi connectivity index (χ2v) is 6.97. The number of para-hydroxylation sites is 1. The summed E-state index contributed by atoms with van der Waals surface area (Å²) in [6, 6.07) is 22.0. The van der Waals surface area contributed by atoms with E-state index >= 15 is 0 Å². The van der Waals surface area contributed by atoms with Crippen LogP contribution in [-0.4, -0.2) is 31.4 Å². The van der Waals surface area contributed by atoms with Gasteiger partial charge in [-0.3, -0.25) is 9.59 Å². The van der Waals surface area contributed by atoms with Gasteiger partial charge in [0.05, 0.1) is 18.3 Å². The van der Waals surface area contributed by atoms with E-state index in [1.165, 1.54) is 0 Å². The molecular formula is C23H23N4O2+. The molecule has 0 fully saturated rings. The van der Waals surface area contributed by atoms with Crippen LogP contribution in [0.2, 0.25) is 0 Å². The van der Waals surface area contributed by atoms with Gasteiger partial charge in [-0.25, -0.2) is 0 Å². The van der Waals surface area contributed by atoms with E-state index in [0.717, 1.165) is 21.4 Å². The summed E-state index contributed by atoms with van der Waals surface area (Å²) in [7, 11) is 1.79. The van der Waals surface area contributed by atoms with Crippen LogP contribution in [0.15, 0.2) is 66.7 Å². The van der Waals surface area contributed by atoms with Crippen LogP contribution in [0.5, 0.6) is 0 Å². The van der Waals surface area contributed by atoms with Crippen LogP contribution in [0.1, 0.15) is 12.5 Å². The normalized spacial score (nSPS) is 12.6. The number of benzene rings is 3. The zero-order valence-electron chi connectivity index (χ0n) is 16.4. The molecule has 1 unspecified atom stereocenters. The number of quaternary nitrogens is 1. The number of likely N-dealkylation sites (N-methyl/N-ethyl adjacent to an activating group) is 1. The Morgan fingerprint density at radius 2 is 1.62 bits per heavy atom. The largest absolute Gasteiger partial charge is 0.321 e. The molecule has 0 heterocycles. The van der Waals surface area contributed by atoms with E-state index in [2.05, 4.69) is 16.7 Å². The molecule has 2 amide bonds. The molecule has 0 aliphatic rings. The molecule has 3 N–H and O–H groups in total. The van der Waals surface area contributed by atoms with Crippen molar-refractivity contribution in [1.29, 1.82) is 5.26 Å². The van der Waals surface area contributed by atoms with Crippen LogP contribution >= 0.6 is 0 Å². The molecule has 0 aromatic heterocycles. The fourth-order valence-electron chi connectivity index (χ4n) is 3.09. The van der Waals surface area contributed by atoms with Crippen LogP contribution < -0.4 is 15.5 Å². The molecule has 146 valence electrons. The molecular weight excluding hydrogens is 364 g/mol. The molecule has 0 saturated heterocycles. The lowest BCUT2D eigenvalue weighted by Crippen LogP contribution is -3.14. The van der Waals surface area contributed by atoms with Crippen molar-refractivity contribution in [2.75, 3.05) is 24.2 Å². The van der Waals surface area contributed by atoms with Crippen molar-refractivity contribution in [1.82, 2.24) is 0 Å². The molecule has 3 rings (SSSR count). The quantitative estimate of drug-likeness (QED) is 0.606. The maximum Gasteiger partial charge on any atom is 0.282 e. The number of nitrogens with one attached hydrogen (secondary N) is 3. The van der Waals surface area contributed by atoms with E-state index in [-0.39, 0.29) is 18.4 Å². The molecule has 0 saturated carbocycles. The van der Waals surface area contributed by atoms with Crippen LogP contribution in [0, 0.1) is 11.3 Å². The zero-order chi connectivity index (χ0) is 20.8. The number of carbonyl (C=O) groups excluding carboxylic acids is 2. The highest BCUT2D eigenvalue weighted by atomic mass is 16.2. The minimum absolute atomic E-state index is 0.137. The predicted octanol–water partition coefficient (Wildman–Crippen LogP) is 2.19. The lowest BCUT2D eigenvalue weighted by molar-refractivity contribution is -0.885. The summed E-state index contributed by atoms with van der Waals surface area (Å²) in [5.74, 6) is -0.418. The first kappa shape index (κ1) is 20.1. The van der Waals surface area contributed by atoms with Gasteiger partial charge in [0.1, 0.15) is 6.07 Å². The summed E-state index contributed by atoms with van der Waals surface area (Å²) in [5, 5.41) is 16.9. The Kier molecular flexibility index (Phi) is 6.22. The van der Waals surface area contributed by atoms with Gasteiger partial charge in [0.2, 0.25) is 0 Å². The Morgan fingerprint density at radius 1 is 0.966 bits per heavy atom. The number of anilines is 2. The number of hydrogen-bond donors (Lipinski definition) is 3. The standard InChI is InChI=1S/C23H22N4O2/c1-16(23(29)26-20-12-6-4-9-18(20)14-24)27(2)15-22(28)25-21-13-7-10-17-8-3-5-11-19(17)21/h3-13,16H,15H2,1-2H3,(H,25,28)(H,26,29)/p+1/t16-/m0/s1. The first-order chi connectivity index (χ1) is 14.0. The highest BCUT2D eigenvalue weighted by Gasteiger charge is 2.24. The summed E-state index contributed by atoms with van der Waals surface area (Å²) in [6.45, 7) is 1.89. The average Bonchev–Trinajstić information content (AvgIpc) is 2.73. The minimum Gasteiger partial charge on any atom is -0.321 e. The molecule has 0 bridgehead atoms. The molecule has 0 aliphatic carbocycles. The van der Waals surface area contributed by atoms with E-state index in [1.807, 2.05) is 42.5 Å². The van der Waals surface area contributed by atoms with E-state index in [1.54, 1.807) is 38.2 Å². The van der Waals surface area contributed by atoms with Gasteiger partial charge >= 0.3 is 0 Å². The summed E-state index contributed by atoms with van der Waals surface area (Å²) in [4.78, 5) is 25.9. The molecule has 0 radical (unpaired) electrons. The van der Waals surface area contributed by atoms with Crippen molar-refractivity contribution < 1.29 is 14.5 Å². The minimum atomic E-state index is -0.472. The van der Waals surface area contributed by atoms with E-state index in [4.69, 9.17) is 5.26 Å². The van der Waals surface area contributed by atoms with Crippen molar-refractivity contribution >= 4 is 34.0 Å². The smallest absolute Gasteiger partial charge is 0.282 e. The van der Waals surface area contributed by atoms with Gasteiger partial charge in [0.15, 0.2) is 12.6 Å². The van der Waals surface area contributed by atoms with Gasteiger partial charge in [-0.1, -0.05) is 48.5 Å². The van der Waals surface area contributed by atoms with Gasteiger partial charge in [-0.15, -0.1) is 0 Å². The Bertz CT molecular complexity index is 1080. The maximum atomic E-state index is 12.6. The van der Waals surface area contributed by atoms with Gasteiger partial charge < -0.3 is 15.5 Å². The fraction of sp³-hybridized carbons (Fsp3) is 0.174. The number of rotatable bonds is 6. The van der Waals surface area contributed by atoms with Gasteiger partial charge in [0.25, 0.3) is 11.8 Å². The number of hydrogen-bond acceptors (Lipinski definition) is 3. The van der Waals surface area contributed by atoms with Gasteiger partial charge in [-0.05, 0) is 30.5 Å². The second kappa shape index (κ2) is 9.00. The van der Waals surface area contributed by atoms with E-state index in [9.17, 15) is 9.59 Å². The summed E-state index contributed by atoms with van der Waals surface area (Å²) < 4.78 is 0. The monoisotopic (exact) mass is 387 g/mol. The van der Waals surface area contributed by atoms with Crippen LogP contribution in [-0.2, 0) is 9.59 Å². The molecule has 3 aromatic carbocycles. The summed E-state index contributed by atoms with van der Waals surface area (Å²) in [5.41, 5.74) is 1.63. The molecule has 29 heavy (non-hydrogen) atoms. The lowest BCUT2D eigenvalue weighted by atomic mass is 10.1. The van der Waals surface area contributed by atoms with Crippen LogP contribution in [0.25, 0.3) is 10.8 Å². The Labute approximate surface area is 169 Å². The number of nitriles is 1. The Balaban J connectivity index is 1.63. The number of amides is 2. The number of nitrogens with zero attached hydrogens (tertiary/aromatic N) is 1. The number of fused-ring (bicyclic) bond motifs is 1. The predicted molar refractivity (Wildman–Crippen MR) is 114 cm³/mol. The maximum absolute atomic E-state index is 12.6. The first-order valence-corrected chi connectivity index (χ1v) is 9.39. The Hall–Kier alpha value is -3.69. The fourth-order valence-corrected chi connectivity index (χ4v) is 3.09. The van der Waals surface area contributed by atoms with Gasteiger partial charge in [-0.2, -0.15) is 5.26 Å². The third kappa shape index (κ3) is 4.78. The molecule has 0 aliphatic heterocycles. The molecule has 6 heteroatoms. The molecule has 0 spiro atoms. The number of carbonyl (C=O) groups is 2. The molecule has 3 aromatic rings. The van der Waals surface area contributed by atoms with Crippen molar-refractivity contribution in [3.63, 3.8) is 0 Å². The summed E-state index contributed by atoms with van der Waals surface area (Å²) >= 11 is 0. The summed E-state index contributed by atoms with van der Waals surface area (Å²) in [6.07, 6.45) is 0. The van der Waals surface area contributed by atoms with Gasteiger partial charge in [0, 0.05) is 11.1 Å². The van der Waals surface area contributed by atoms with Crippen molar-refractivity contribution in [3.05, 3.63) is 72.3 Å². The van der Waals surface area contributed by atoms with Crippen molar-refractivity contribution in [2.24, 2.45) is 0 Å². The third-order valence-electron chi connectivity index (χ3n) is 4.94. The first-order valence-electron chi connectivity index (χ1n) is 9.39. The van der Waals surface area contributed by atoms with Crippen LogP contribution in [0.4, 0.5) is 11.4 Å². The van der Waals surface area contributed by atoms with Crippen LogP contribution in [0.3, 0.4) is 0 Å². The SMILES string of the molecule is C[C@@H](C(=O)Nc1ccccc1C#N)[NH+](C)CC(=O)Nc1cccc2ccccc12. The van der Waals surface area contributed by atoms with E-state index in [0.29, 0.717) is 11.3 Å². The average molecular weight is 387 g/mol. The van der Waals surface area contributed by atoms with Crippen molar-refractivity contribution in [3.8, 4) is 6.07 Å². The topological polar surface area (TPSA) is 86.4 Å². The molecule has 2 atom stereocenters.